The number of halogens is 1. The van der Waals surface area contributed by atoms with Crippen LogP contribution in [-0.4, -0.2) is 33.2 Å². The predicted octanol–water partition coefficient (Wildman–Crippen LogP) is 2.17. The number of rotatable bonds is 2. The zero-order valence-electron chi connectivity index (χ0n) is 12.3. The van der Waals surface area contributed by atoms with Crippen molar-refractivity contribution in [1.29, 1.82) is 0 Å². The highest BCUT2D eigenvalue weighted by Gasteiger charge is 2.38. The van der Waals surface area contributed by atoms with E-state index < -0.39 is 0 Å². The van der Waals surface area contributed by atoms with Crippen LogP contribution in [0.2, 0.25) is 5.15 Å². The smallest absolute Gasteiger partial charge is 0.272 e. The molecule has 110 valence electrons. The summed E-state index contributed by atoms with van der Waals surface area (Å²) in [5, 5.41) is 14.4. The molecule has 1 saturated heterocycles. The van der Waals surface area contributed by atoms with Crippen molar-refractivity contribution in [3.63, 3.8) is 0 Å². The maximum atomic E-state index is 12.2. The summed E-state index contributed by atoms with van der Waals surface area (Å²) in [6.07, 6.45) is 1.76. The van der Waals surface area contributed by atoms with Crippen molar-refractivity contribution >= 4 is 17.5 Å². The fraction of sp³-hybridized carbons (Fsp3) is 0.643. The number of piperidine rings is 1. The van der Waals surface area contributed by atoms with E-state index in [9.17, 15) is 4.79 Å². The first-order chi connectivity index (χ1) is 9.17. The summed E-state index contributed by atoms with van der Waals surface area (Å²) in [4.78, 5) is 12.2. The minimum atomic E-state index is -0.201. The van der Waals surface area contributed by atoms with Gasteiger partial charge in [0.2, 0.25) is 0 Å². The van der Waals surface area contributed by atoms with Gasteiger partial charge in [0.05, 0.1) is 0 Å². The third-order valence-corrected chi connectivity index (χ3v) is 3.59. The maximum Gasteiger partial charge on any atom is 0.272 e. The standard InChI is InChI=1S/C14H21ClN4O/c1-13(2)7-9(8-14(3,4)19-13)16-12(20)10-5-6-11(15)18-17-10/h5-6,9,19H,7-8H2,1-4H3,(H,16,20). The minimum Gasteiger partial charge on any atom is -0.348 e. The van der Waals surface area contributed by atoms with Crippen LogP contribution in [0.1, 0.15) is 51.0 Å². The topological polar surface area (TPSA) is 66.9 Å². The fourth-order valence-corrected chi connectivity index (χ4v) is 3.22. The van der Waals surface area contributed by atoms with Crippen LogP contribution in [0.5, 0.6) is 0 Å². The Morgan fingerprint density at radius 2 is 1.85 bits per heavy atom. The third kappa shape index (κ3) is 3.90. The number of nitrogens with one attached hydrogen (secondary N) is 2. The van der Waals surface area contributed by atoms with Crippen LogP contribution in [0.4, 0.5) is 0 Å². The first kappa shape index (κ1) is 15.2. The minimum absolute atomic E-state index is 0.00856. The van der Waals surface area contributed by atoms with Crippen LogP contribution in [0.15, 0.2) is 12.1 Å². The summed E-state index contributed by atoms with van der Waals surface area (Å²) in [7, 11) is 0. The number of nitrogens with zero attached hydrogens (tertiary/aromatic N) is 2. The van der Waals surface area contributed by atoms with Gasteiger partial charge in [0.15, 0.2) is 10.8 Å². The second-order valence-corrected chi connectivity index (χ2v) is 7.10. The molecule has 2 N–H and O–H groups in total. The quantitative estimate of drug-likeness (QED) is 0.878. The molecular formula is C14H21ClN4O. The van der Waals surface area contributed by atoms with Gasteiger partial charge in [-0.25, -0.2) is 0 Å². The normalized spacial score (nSPS) is 21.4. The van der Waals surface area contributed by atoms with Crippen LogP contribution in [0.25, 0.3) is 0 Å². The van der Waals surface area contributed by atoms with E-state index in [1.165, 1.54) is 0 Å². The molecule has 1 fully saturated rings. The predicted molar refractivity (Wildman–Crippen MR) is 78.8 cm³/mol. The van der Waals surface area contributed by atoms with Crippen molar-refractivity contribution in [3.05, 3.63) is 23.0 Å². The molecule has 6 heteroatoms. The third-order valence-electron chi connectivity index (χ3n) is 3.39. The van der Waals surface area contributed by atoms with E-state index in [0.717, 1.165) is 12.8 Å². The van der Waals surface area contributed by atoms with Crippen molar-refractivity contribution in [2.75, 3.05) is 0 Å². The second-order valence-electron chi connectivity index (χ2n) is 6.71. The number of hydrogen-bond donors (Lipinski definition) is 2. The van der Waals surface area contributed by atoms with Crippen molar-refractivity contribution < 1.29 is 4.79 Å². The van der Waals surface area contributed by atoms with Crippen LogP contribution in [0.3, 0.4) is 0 Å². The molecule has 0 aliphatic carbocycles. The highest BCUT2D eigenvalue weighted by atomic mass is 35.5. The van der Waals surface area contributed by atoms with Gasteiger partial charge in [-0.05, 0) is 52.7 Å². The Bertz CT molecular complexity index is 482. The SMILES string of the molecule is CC1(C)CC(NC(=O)c2ccc(Cl)nn2)CC(C)(C)N1. The van der Waals surface area contributed by atoms with Crippen LogP contribution in [-0.2, 0) is 0 Å². The van der Waals surface area contributed by atoms with Crippen molar-refractivity contribution in [2.24, 2.45) is 0 Å². The number of hydrogen-bond acceptors (Lipinski definition) is 4. The Balaban J connectivity index is 2.05. The lowest BCUT2D eigenvalue weighted by Crippen LogP contribution is -2.62. The van der Waals surface area contributed by atoms with Gasteiger partial charge in [0.1, 0.15) is 0 Å². The molecule has 0 atom stereocenters. The van der Waals surface area contributed by atoms with E-state index in [4.69, 9.17) is 11.6 Å². The molecule has 0 aromatic carbocycles. The summed E-state index contributed by atoms with van der Waals surface area (Å²) < 4.78 is 0. The van der Waals surface area contributed by atoms with Gasteiger partial charge in [-0.15, -0.1) is 10.2 Å². The molecule has 1 aromatic rings. The van der Waals surface area contributed by atoms with Gasteiger partial charge in [0, 0.05) is 17.1 Å². The molecule has 2 rings (SSSR count). The summed E-state index contributed by atoms with van der Waals surface area (Å²) in [6, 6.07) is 3.27. The first-order valence-electron chi connectivity index (χ1n) is 6.76. The van der Waals surface area contributed by atoms with Gasteiger partial charge < -0.3 is 10.6 Å². The summed E-state index contributed by atoms with van der Waals surface area (Å²) >= 11 is 5.67. The first-order valence-corrected chi connectivity index (χ1v) is 7.14. The average molecular weight is 297 g/mol. The van der Waals surface area contributed by atoms with Crippen LogP contribution < -0.4 is 10.6 Å². The molecular weight excluding hydrogens is 276 g/mol. The lowest BCUT2D eigenvalue weighted by molar-refractivity contribution is 0.0867. The Labute approximate surface area is 124 Å². The van der Waals surface area contributed by atoms with E-state index in [0.29, 0.717) is 5.69 Å². The molecule has 0 unspecified atom stereocenters. The summed E-state index contributed by atoms with van der Waals surface area (Å²) in [5.74, 6) is -0.201. The molecule has 20 heavy (non-hydrogen) atoms. The molecule has 0 bridgehead atoms. The van der Waals surface area contributed by atoms with Crippen LogP contribution >= 0.6 is 11.6 Å². The Hall–Kier alpha value is -1.20. The lowest BCUT2D eigenvalue weighted by Gasteiger charge is -2.46. The van der Waals surface area contributed by atoms with Crippen LogP contribution in [0, 0.1) is 0 Å². The average Bonchev–Trinajstić information content (AvgIpc) is 2.25. The molecule has 0 radical (unpaired) electrons. The number of carbonyl (C=O) groups excluding carboxylic acids is 1. The highest BCUT2D eigenvalue weighted by Crippen LogP contribution is 2.28. The molecule has 2 heterocycles. The largest absolute Gasteiger partial charge is 0.348 e. The number of amides is 1. The van der Waals surface area contributed by atoms with Gasteiger partial charge >= 0.3 is 0 Å². The van der Waals surface area contributed by atoms with Gasteiger partial charge in [-0.3, -0.25) is 4.79 Å². The van der Waals surface area contributed by atoms with Crippen molar-refractivity contribution in [1.82, 2.24) is 20.8 Å². The zero-order chi connectivity index (χ0) is 15.0. The van der Waals surface area contributed by atoms with E-state index in [1.807, 2.05) is 0 Å². The summed E-state index contributed by atoms with van der Waals surface area (Å²) in [5.41, 5.74) is 0.278. The van der Waals surface area contributed by atoms with E-state index in [-0.39, 0.29) is 28.2 Å². The molecule has 1 aromatic heterocycles. The molecule has 1 aliphatic rings. The number of aromatic nitrogens is 2. The van der Waals surface area contributed by atoms with Gasteiger partial charge in [0.25, 0.3) is 5.91 Å². The molecule has 0 spiro atoms. The molecule has 1 aliphatic heterocycles. The fourth-order valence-electron chi connectivity index (χ4n) is 3.12. The highest BCUT2D eigenvalue weighted by molar-refractivity contribution is 6.29. The Morgan fingerprint density at radius 1 is 1.25 bits per heavy atom. The Morgan fingerprint density at radius 3 is 2.35 bits per heavy atom. The molecule has 1 amide bonds. The maximum absolute atomic E-state index is 12.2. The lowest BCUT2D eigenvalue weighted by atomic mass is 9.79. The van der Waals surface area contributed by atoms with E-state index >= 15 is 0 Å². The van der Waals surface area contributed by atoms with Gasteiger partial charge in [-0.1, -0.05) is 11.6 Å². The zero-order valence-corrected chi connectivity index (χ0v) is 13.1. The monoisotopic (exact) mass is 296 g/mol. The second kappa shape index (κ2) is 5.30. The van der Waals surface area contributed by atoms with Crippen molar-refractivity contribution in [2.45, 2.75) is 57.7 Å². The van der Waals surface area contributed by atoms with Crippen molar-refractivity contribution in [3.8, 4) is 0 Å². The molecule has 5 nitrogen and oxygen atoms in total. The molecule has 0 saturated carbocycles. The van der Waals surface area contributed by atoms with E-state index in [2.05, 4.69) is 48.5 Å². The summed E-state index contributed by atoms with van der Waals surface area (Å²) in [6.45, 7) is 8.59. The Kier molecular flexibility index (Phi) is 4.02. The number of carbonyl (C=O) groups is 1. The van der Waals surface area contributed by atoms with E-state index in [1.54, 1.807) is 12.1 Å². The van der Waals surface area contributed by atoms with Gasteiger partial charge in [-0.2, -0.15) is 0 Å².